The molecule has 1 fully saturated rings. The maximum atomic E-state index is 6.45. The van der Waals surface area contributed by atoms with Crippen molar-refractivity contribution in [2.45, 2.75) is 31.2 Å². The lowest BCUT2D eigenvalue weighted by Gasteiger charge is -2.44. The van der Waals surface area contributed by atoms with E-state index in [0.29, 0.717) is 10.0 Å². The van der Waals surface area contributed by atoms with E-state index in [9.17, 15) is 0 Å². The predicted octanol–water partition coefficient (Wildman–Crippen LogP) is 6.78. The number of halogens is 3. The fourth-order valence-electron chi connectivity index (χ4n) is 3.77. The first-order chi connectivity index (χ1) is 13.6. The number of aryl methyl sites for hydroxylation is 1. The molecule has 4 rings (SSSR count). The Labute approximate surface area is 185 Å². The third kappa shape index (κ3) is 4.25. The van der Waals surface area contributed by atoms with E-state index >= 15 is 0 Å². The van der Waals surface area contributed by atoms with Crippen molar-refractivity contribution in [2.24, 2.45) is 4.99 Å². The van der Waals surface area contributed by atoms with Crippen LogP contribution >= 0.6 is 46.6 Å². The molecular formula is C21H22Cl3N3S. The fourth-order valence-corrected chi connectivity index (χ4v) is 5.58. The normalized spacial score (nSPS) is 19.2. The molecule has 0 aromatic heterocycles. The van der Waals surface area contributed by atoms with Crippen LogP contribution in [-0.2, 0) is 6.42 Å². The molecule has 1 spiro atoms. The highest BCUT2D eigenvalue weighted by molar-refractivity contribution is 7.99. The summed E-state index contributed by atoms with van der Waals surface area (Å²) in [7, 11) is 0. The first-order valence-corrected chi connectivity index (χ1v) is 11.8. The van der Waals surface area contributed by atoms with Gasteiger partial charge in [0.2, 0.25) is 0 Å². The van der Waals surface area contributed by atoms with E-state index in [-0.39, 0.29) is 5.54 Å². The Morgan fingerprint density at radius 2 is 1.75 bits per heavy atom. The number of anilines is 2. The summed E-state index contributed by atoms with van der Waals surface area (Å²) >= 11 is 21.0. The van der Waals surface area contributed by atoms with Crippen LogP contribution in [0, 0.1) is 0 Å². The summed E-state index contributed by atoms with van der Waals surface area (Å²) in [4.78, 5) is 4.97. The summed E-state index contributed by atoms with van der Waals surface area (Å²) in [6.45, 7) is 0.749. The van der Waals surface area contributed by atoms with Gasteiger partial charge >= 0.3 is 0 Å². The van der Waals surface area contributed by atoms with E-state index in [2.05, 4.69) is 16.7 Å². The van der Waals surface area contributed by atoms with Gasteiger partial charge in [0.1, 0.15) is 5.84 Å². The molecule has 2 N–H and O–H groups in total. The third-order valence-corrected chi connectivity index (χ3v) is 7.14. The van der Waals surface area contributed by atoms with Gasteiger partial charge in [-0.3, -0.25) is 4.99 Å². The van der Waals surface area contributed by atoms with Gasteiger partial charge in [-0.1, -0.05) is 46.9 Å². The second-order valence-electron chi connectivity index (χ2n) is 7.19. The zero-order valence-corrected chi connectivity index (χ0v) is 18.5. The van der Waals surface area contributed by atoms with Crippen molar-refractivity contribution < 1.29 is 0 Å². The number of hydrogen-bond acceptors (Lipinski definition) is 3. The highest BCUT2D eigenvalue weighted by Crippen LogP contribution is 2.45. The molecule has 28 heavy (non-hydrogen) atoms. The molecule has 2 aliphatic rings. The number of nitrogens with one attached hydrogen (secondary N) is 2. The quantitative estimate of drug-likeness (QED) is 0.500. The Hall–Kier alpha value is -1.07. The average molecular weight is 455 g/mol. The topological polar surface area (TPSA) is 36.4 Å². The zero-order chi connectivity index (χ0) is 19.6. The van der Waals surface area contributed by atoms with Crippen molar-refractivity contribution in [3.05, 3.63) is 57.0 Å². The van der Waals surface area contributed by atoms with Gasteiger partial charge in [0.05, 0.1) is 27.0 Å². The van der Waals surface area contributed by atoms with Crippen molar-refractivity contribution in [1.29, 1.82) is 0 Å². The molecule has 2 aromatic rings. The van der Waals surface area contributed by atoms with Gasteiger partial charge in [0.15, 0.2) is 0 Å². The molecule has 3 nitrogen and oxygen atoms in total. The van der Waals surface area contributed by atoms with Crippen LogP contribution in [0.4, 0.5) is 11.4 Å². The summed E-state index contributed by atoms with van der Waals surface area (Å²) in [5, 5.41) is 9.33. The van der Waals surface area contributed by atoms with Gasteiger partial charge in [0, 0.05) is 11.6 Å². The van der Waals surface area contributed by atoms with E-state index in [0.717, 1.165) is 66.0 Å². The predicted molar refractivity (Wildman–Crippen MR) is 125 cm³/mol. The molecule has 2 heterocycles. The summed E-state index contributed by atoms with van der Waals surface area (Å²) in [5.74, 6) is 3.18. The van der Waals surface area contributed by atoms with Crippen molar-refractivity contribution in [3.8, 4) is 0 Å². The molecule has 0 bridgehead atoms. The Balaban J connectivity index is 1.54. The van der Waals surface area contributed by atoms with E-state index in [1.165, 1.54) is 5.56 Å². The van der Waals surface area contributed by atoms with Crippen LogP contribution in [0.5, 0.6) is 0 Å². The van der Waals surface area contributed by atoms with Crippen molar-refractivity contribution in [2.75, 3.05) is 28.7 Å². The Bertz CT molecular complexity index is 894. The van der Waals surface area contributed by atoms with E-state index in [1.54, 1.807) is 0 Å². The number of aliphatic imine (C=N–C) groups is 1. The maximum absolute atomic E-state index is 6.45. The largest absolute Gasteiger partial charge is 0.370 e. The van der Waals surface area contributed by atoms with Crippen LogP contribution in [-0.4, -0.2) is 29.4 Å². The Morgan fingerprint density at radius 3 is 2.50 bits per heavy atom. The molecule has 1 saturated heterocycles. The van der Waals surface area contributed by atoms with Gasteiger partial charge in [-0.15, -0.1) is 0 Å². The Morgan fingerprint density at radius 1 is 1.00 bits per heavy atom. The van der Waals surface area contributed by atoms with Crippen LogP contribution in [0.25, 0.3) is 0 Å². The molecule has 0 aliphatic carbocycles. The van der Waals surface area contributed by atoms with Crippen LogP contribution in [0.15, 0.2) is 41.4 Å². The minimum atomic E-state index is -0.192. The van der Waals surface area contributed by atoms with E-state index in [4.69, 9.17) is 39.8 Å². The van der Waals surface area contributed by atoms with Crippen molar-refractivity contribution in [1.82, 2.24) is 0 Å². The minimum absolute atomic E-state index is 0.192. The molecule has 0 radical (unpaired) electrons. The lowest BCUT2D eigenvalue weighted by molar-refractivity contribution is 0.559. The van der Waals surface area contributed by atoms with Gasteiger partial charge in [-0.05, 0) is 67.0 Å². The first-order valence-electron chi connectivity index (χ1n) is 9.48. The van der Waals surface area contributed by atoms with Crippen LogP contribution < -0.4 is 10.6 Å². The minimum Gasteiger partial charge on any atom is -0.370 e. The van der Waals surface area contributed by atoms with Crippen LogP contribution in [0.2, 0.25) is 15.1 Å². The summed E-state index contributed by atoms with van der Waals surface area (Å²) in [5.41, 5.74) is 2.76. The number of thioether (sulfide) groups is 1. The molecule has 2 aromatic carbocycles. The van der Waals surface area contributed by atoms with Gasteiger partial charge in [0.25, 0.3) is 0 Å². The number of benzene rings is 2. The van der Waals surface area contributed by atoms with E-state index < -0.39 is 0 Å². The monoisotopic (exact) mass is 453 g/mol. The zero-order valence-electron chi connectivity index (χ0n) is 15.4. The first kappa shape index (κ1) is 20.2. The smallest absolute Gasteiger partial charge is 0.127 e. The van der Waals surface area contributed by atoms with Crippen molar-refractivity contribution in [3.63, 3.8) is 0 Å². The molecule has 2 aliphatic heterocycles. The molecule has 0 amide bonds. The lowest BCUT2D eigenvalue weighted by Crippen LogP contribution is -2.55. The SMILES string of the molecule is Clc1cccc(CCCN=C2Nc3c(Cl)ccc(Cl)c3NC23CCSCC3)c1. The summed E-state index contributed by atoms with van der Waals surface area (Å²) < 4.78 is 0. The number of nitrogens with zero attached hydrogens (tertiary/aromatic N) is 1. The third-order valence-electron chi connectivity index (χ3n) is 5.29. The molecule has 148 valence electrons. The number of fused-ring (bicyclic) bond motifs is 1. The lowest BCUT2D eigenvalue weighted by atomic mass is 9.87. The molecule has 0 atom stereocenters. The second-order valence-corrected chi connectivity index (χ2v) is 9.66. The average Bonchev–Trinajstić information content (AvgIpc) is 2.70. The standard InChI is InChI=1S/C21H22Cl3N3S/c22-15-5-1-3-14(13-15)4-2-10-25-20-21(8-11-28-12-9-21)27-19-17(24)7-6-16(23)18(19)26-20/h1,3,5-7,13,27H,2,4,8-12H2,(H,25,26). The van der Waals surface area contributed by atoms with Gasteiger partial charge in [-0.25, -0.2) is 0 Å². The molecule has 7 heteroatoms. The Kier molecular flexibility index (Phi) is 6.31. The van der Waals surface area contributed by atoms with Gasteiger partial charge in [-0.2, -0.15) is 11.8 Å². The van der Waals surface area contributed by atoms with Crippen molar-refractivity contribution >= 4 is 63.8 Å². The molecular weight excluding hydrogens is 433 g/mol. The highest BCUT2D eigenvalue weighted by atomic mass is 35.5. The van der Waals surface area contributed by atoms with Gasteiger partial charge < -0.3 is 10.6 Å². The number of rotatable bonds is 4. The summed E-state index contributed by atoms with van der Waals surface area (Å²) in [6.07, 6.45) is 3.95. The number of amidine groups is 1. The molecule has 0 saturated carbocycles. The molecule has 0 unspecified atom stereocenters. The second kappa shape index (κ2) is 8.74. The maximum Gasteiger partial charge on any atom is 0.127 e. The highest BCUT2D eigenvalue weighted by Gasteiger charge is 2.42. The fraction of sp³-hybridized carbons (Fsp3) is 0.381. The van der Waals surface area contributed by atoms with Crippen LogP contribution in [0.1, 0.15) is 24.8 Å². The van der Waals surface area contributed by atoms with E-state index in [1.807, 2.05) is 42.1 Å². The summed E-state index contributed by atoms with van der Waals surface area (Å²) in [6, 6.07) is 11.7. The van der Waals surface area contributed by atoms with Crippen LogP contribution in [0.3, 0.4) is 0 Å². The number of hydrogen-bond donors (Lipinski definition) is 2.